The highest BCUT2D eigenvalue weighted by Gasteiger charge is 2.47. The van der Waals surface area contributed by atoms with Crippen molar-refractivity contribution in [2.45, 2.75) is 31.2 Å². The second kappa shape index (κ2) is 7.01. The number of alkyl halides is 3. The summed E-state index contributed by atoms with van der Waals surface area (Å²) >= 11 is 2.88. The predicted octanol–water partition coefficient (Wildman–Crippen LogP) is 4.60. The smallest absolute Gasteiger partial charge is 0.362 e. The standard InChI is InChI=1S/C17H15F3N4OS2/c18-17(19,20)14-7-12(13-4-2-6-27-13)23-15-11(9-22-24(14)15)16(25)21-8-10-3-1-5-26-10/h1-6,9,12,14,23H,7-8H2,(H,21,25). The molecule has 0 spiro atoms. The summed E-state index contributed by atoms with van der Waals surface area (Å²) in [5.41, 5.74) is 0.113. The summed E-state index contributed by atoms with van der Waals surface area (Å²) in [7, 11) is 0. The molecule has 0 saturated carbocycles. The van der Waals surface area contributed by atoms with E-state index >= 15 is 0 Å². The molecule has 10 heteroatoms. The summed E-state index contributed by atoms with van der Waals surface area (Å²) in [6.07, 6.45) is -3.43. The highest BCUT2D eigenvalue weighted by atomic mass is 32.1. The molecule has 0 aliphatic carbocycles. The Kier molecular flexibility index (Phi) is 4.68. The quantitative estimate of drug-likeness (QED) is 0.659. The molecule has 3 aromatic heterocycles. The lowest BCUT2D eigenvalue weighted by molar-refractivity contribution is -0.173. The van der Waals surface area contributed by atoms with Gasteiger partial charge in [0, 0.05) is 16.2 Å². The number of nitrogens with one attached hydrogen (secondary N) is 2. The Bertz CT molecular complexity index is 919. The minimum atomic E-state index is -4.46. The van der Waals surface area contributed by atoms with Crippen molar-refractivity contribution >= 4 is 34.4 Å². The zero-order chi connectivity index (χ0) is 19.0. The number of hydrogen-bond donors (Lipinski definition) is 2. The minimum absolute atomic E-state index is 0.102. The molecular weight excluding hydrogens is 397 g/mol. The topological polar surface area (TPSA) is 59.0 Å². The van der Waals surface area contributed by atoms with Crippen molar-refractivity contribution in [3.05, 3.63) is 56.5 Å². The maximum atomic E-state index is 13.6. The summed E-state index contributed by atoms with van der Waals surface area (Å²) in [6.45, 7) is 0.318. The third-order valence-corrected chi connectivity index (χ3v) is 6.24. The number of thiophene rings is 2. The second-order valence-corrected chi connectivity index (χ2v) is 8.13. The molecule has 4 heterocycles. The van der Waals surface area contributed by atoms with E-state index in [4.69, 9.17) is 0 Å². The van der Waals surface area contributed by atoms with E-state index in [-0.39, 0.29) is 17.8 Å². The van der Waals surface area contributed by atoms with Crippen LogP contribution in [0.1, 0.15) is 38.6 Å². The van der Waals surface area contributed by atoms with E-state index in [9.17, 15) is 18.0 Å². The van der Waals surface area contributed by atoms with Crippen LogP contribution in [0.2, 0.25) is 0 Å². The van der Waals surface area contributed by atoms with Crippen molar-refractivity contribution in [1.82, 2.24) is 15.1 Å². The van der Waals surface area contributed by atoms with Crippen molar-refractivity contribution in [3.8, 4) is 0 Å². The molecule has 1 amide bonds. The summed E-state index contributed by atoms with van der Waals surface area (Å²) in [5, 5.41) is 13.4. The van der Waals surface area contributed by atoms with Gasteiger partial charge in [0.05, 0.1) is 18.8 Å². The average Bonchev–Trinajstić information content (AvgIpc) is 3.39. The number of nitrogens with zero attached hydrogens (tertiary/aromatic N) is 2. The van der Waals surface area contributed by atoms with Gasteiger partial charge >= 0.3 is 6.18 Å². The fourth-order valence-electron chi connectivity index (χ4n) is 3.08. The van der Waals surface area contributed by atoms with Crippen LogP contribution in [0.15, 0.2) is 41.2 Å². The molecule has 0 aromatic carbocycles. The van der Waals surface area contributed by atoms with E-state index in [0.717, 1.165) is 14.4 Å². The number of rotatable bonds is 4. The van der Waals surface area contributed by atoms with E-state index in [0.29, 0.717) is 6.54 Å². The highest BCUT2D eigenvalue weighted by molar-refractivity contribution is 7.10. The van der Waals surface area contributed by atoms with Crippen molar-refractivity contribution in [2.24, 2.45) is 0 Å². The van der Waals surface area contributed by atoms with Gasteiger partial charge in [0.2, 0.25) is 0 Å². The fraction of sp³-hybridized carbons (Fsp3) is 0.294. The zero-order valence-electron chi connectivity index (χ0n) is 13.9. The van der Waals surface area contributed by atoms with Gasteiger partial charge in [0.1, 0.15) is 11.4 Å². The summed E-state index contributed by atoms with van der Waals surface area (Å²) in [6, 6.07) is 5.03. The predicted molar refractivity (Wildman–Crippen MR) is 98.1 cm³/mol. The summed E-state index contributed by atoms with van der Waals surface area (Å²) < 4.78 is 41.7. The Morgan fingerprint density at radius 2 is 2.07 bits per heavy atom. The molecule has 27 heavy (non-hydrogen) atoms. The van der Waals surface area contributed by atoms with Crippen molar-refractivity contribution in [1.29, 1.82) is 0 Å². The van der Waals surface area contributed by atoms with Gasteiger partial charge in [-0.1, -0.05) is 12.1 Å². The minimum Gasteiger partial charge on any atom is -0.362 e. The van der Waals surface area contributed by atoms with Gasteiger partial charge < -0.3 is 10.6 Å². The van der Waals surface area contributed by atoms with Crippen molar-refractivity contribution in [3.63, 3.8) is 0 Å². The van der Waals surface area contributed by atoms with Gasteiger partial charge in [0.15, 0.2) is 6.04 Å². The van der Waals surface area contributed by atoms with Crippen LogP contribution in [0.5, 0.6) is 0 Å². The summed E-state index contributed by atoms with van der Waals surface area (Å²) in [4.78, 5) is 14.3. The first kappa shape index (κ1) is 18.1. The first-order valence-corrected chi connectivity index (χ1v) is 9.94. The van der Waals surface area contributed by atoms with Gasteiger partial charge in [-0.2, -0.15) is 18.3 Å². The Labute approximate surface area is 160 Å². The number of anilines is 1. The molecule has 4 rings (SSSR count). The number of fused-ring (bicyclic) bond motifs is 1. The number of aromatic nitrogens is 2. The molecule has 0 radical (unpaired) electrons. The average molecular weight is 412 g/mol. The molecular formula is C17H15F3N4OS2. The number of halogens is 3. The molecule has 0 fully saturated rings. The molecule has 2 N–H and O–H groups in total. The maximum absolute atomic E-state index is 13.6. The molecule has 2 unspecified atom stereocenters. The maximum Gasteiger partial charge on any atom is 0.410 e. The van der Waals surface area contributed by atoms with Crippen LogP contribution in [-0.2, 0) is 6.54 Å². The molecule has 3 aromatic rings. The van der Waals surface area contributed by atoms with Crippen LogP contribution in [0.25, 0.3) is 0 Å². The Morgan fingerprint density at radius 1 is 1.30 bits per heavy atom. The number of hydrogen-bond acceptors (Lipinski definition) is 5. The SMILES string of the molecule is O=C(NCc1cccs1)c1cnn2c1NC(c1cccs1)CC2C(F)(F)F. The van der Waals surface area contributed by atoms with E-state index in [1.54, 1.807) is 12.1 Å². The van der Waals surface area contributed by atoms with E-state index in [1.165, 1.54) is 28.9 Å². The van der Waals surface area contributed by atoms with Crippen LogP contribution in [-0.4, -0.2) is 21.9 Å². The molecule has 5 nitrogen and oxygen atoms in total. The molecule has 2 atom stereocenters. The first-order valence-electron chi connectivity index (χ1n) is 8.18. The molecule has 1 aliphatic heterocycles. The van der Waals surface area contributed by atoms with Crippen LogP contribution in [0.4, 0.5) is 19.0 Å². The Morgan fingerprint density at radius 3 is 2.74 bits per heavy atom. The van der Waals surface area contributed by atoms with Gasteiger partial charge in [-0.15, -0.1) is 22.7 Å². The Hall–Kier alpha value is -2.33. The second-order valence-electron chi connectivity index (χ2n) is 6.12. The number of amides is 1. The van der Waals surface area contributed by atoms with Crippen LogP contribution >= 0.6 is 22.7 Å². The van der Waals surface area contributed by atoms with Gasteiger partial charge in [-0.3, -0.25) is 4.79 Å². The molecule has 1 aliphatic rings. The van der Waals surface area contributed by atoms with Crippen molar-refractivity contribution < 1.29 is 18.0 Å². The number of carbonyl (C=O) groups excluding carboxylic acids is 1. The molecule has 0 bridgehead atoms. The lowest BCUT2D eigenvalue weighted by Crippen LogP contribution is -2.36. The van der Waals surface area contributed by atoms with Crippen molar-refractivity contribution in [2.75, 3.05) is 5.32 Å². The highest BCUT2D eigenvalue weighted by Crippen LogP contribution is 2.45. The van der Waals surface area contributed by atoms with Gasteiger partial charge in [0.25, 0.3) is 5.91 Å². The van der Waals surface area contributed by atoms with E-state index in [1.807, 2.05) is 22.9 Å². The van der Waals surface area contributed by atoms with Crippen LogP contribution in [0, 0.1) is 0 Å². The van der Waals surface area contributed by atoms with Crippen LogP contribution in [0.3, 0.4) is 0 Å². The third-order valence-electron chi connectivity index (χ3n) is 4.37. The largest absolute Gasteiger partial charge is 0.410 e. The Balaban J connectivity index is 1.63. The van der Waals surface area contributed by atoms with E-state index < -0.39 is 24.2 Å². The molecule has 0 saturated heterocycles. The normalized spacial score (nSPS) is 19.4. The molecule has 142 valence electrons. The summed E-state index contributed by atoms with van der Waals surface area (Å²) in [5.74, 6) is -0.351. The third kappa shape index (κ3) is 3.59. The first-order chi connectivity index (χ1) is 12.9. The van der Waals surface area contributed by atoms with Gasteiger partial charge in [-0.05, 0) is 22.9 Å². The fourth-order valence-corrected chi connectivity index (χ4v) is 4.52. The lowest BCUT2D eigenvalue weighted by atomic mass is 10.0. The zero-order valence-corrected chi connectivity index (χ0v) is 15.5. The lowest BCUT2D eigenvalue weighted by Gasteiger charge is -2.33. The van der Waals surface area contributed by atoms with Gasteiger partial charge in [-0.25, -0.2) is 4.68 Å². The van der Waals surface area contributed by atoms with Crippen LogP contribution < -0.4 is 10.6 Å². The van der Waals surface area contributed by atoms with E-state index in [2.05, 4.69) is 15.7 Å². The monoisotopic (exact) mass is 412 g/mol. The number of carbonyl (C=O) groups is 1.